The van der Waals surface area contributed by atoms with E-state index in [0.29, 0.717) is 6.61 Å². The average Bonchev–Trinajstić information content (AvgIpc) is 2.44. The smallest absolute Gasteiger partial charge is 0.407 e. The number of hydrogen-bond acceptors (Lipinski definition) is 4. The molecule has 0 bridgehead atoms. The molecule has 5 nitrogen and oxygen atoms in total. The fourth-order valence-corrected chi connectivity index (χ4v) is 1.99. The normalized spacial score (nSPS) is 14.2. The summed E-state index contributed by atoms with van der Waals surface area (Å²) in [7, 11) is 0. The Morgan fingerprint density at radius 1 is 1.32 bits per heavy atom. The Labute approximate surface area is 140 Å². The van der Waals surface area contributed by atoms with Crippen molar-refractivity contribution in [3.05, 3.63) is 35.9 Å². The maximum absolute atomic E-state index is 11.8. The number of carbonyl (C=O) groups is 1. The molecule has 0 unspecified atom stereocenters. The zero-order chi connectivity index (χ0) is 16.6. The molecule has 1 rings (SSSR count). The lowest BCUT2D eigenvalue weighted by molar-refractivity contribution is 0.0416. The van der Waals surface area contributed by atoms with Crippen LogP contribution in [-0.2, 0) is 16.1 Å². The average molecular weight is 374 g/mol. The topological polar surface area (TPSA) is 67.8 Å². The molecule has 0 saturated heterocycles. The van der Waals surface area contributed by atoms with Crippen molar-refractivity contribution in [3.63, 3.8) is 0 Å². The van der Waals surface area contributed by atoms with Crippen molar-refractivity contribution in [1.29, 1.82) is 0 Å². The summed E-state index contributed by atoms with van der Waals surface area (Å²) in [5.74, 6) is 0. The number of rotatable bonds is 7. The lowest BCUT2D eigenvalue weighted by Gasteiger charge is -2.25. The van der Waals surface area contributed by atoms with Gasteiger partial charge in [-0.15, -0.1) is 0 Å². The molecule has 6 heteroatoms. The first-order valence-corrected chi connectivity index (χ1v) is 8.09. The Kier molecular flexibility index (Phi) is 7.85. The molecule has 0 fully saturated rings. The molecular weight excluding hydrogens is 350 g/mol. The van der Waals surface area contributed by atoms with Crippen molar-refractivity contribution in [3.8, 4) is 0 Å². The molecule has 0 spiro atoms. The molecule has 1 amide bonds. The first-order chi connectivity index (χ1) is 10.3. The number of benzene rings is 1. The Balaban J connectivity index is 2.48. The van der Waals surface area contributed by atoms with Gasteiger partial charge in [0, 0.05) is 0 Å². The molecule has 2 N–H and O–H groups in total. The van der Waals surface area contributed by atoms with E-state index in [0.717, 1.165) is 5.56 Å². The van der Waals surface area contributed by atoms with Crippen LogP contribution in [0.5, 0.6) is 0 Å². The van der Waals surface area contributed by atoms with E-state index in [1.165, 1.54) is 0 Å². The molecule has 0 radical (unpaired) electrons. The zero-order valence-electron chi connectivity index (χ0n) is 13.2. The molecule has 1 aromatic carbocycles. The van der Waals surface area contributed by atoms with E-state index in [9.17, 15) is 9.90 Å². The van der Waals surface area contributed by atoms with E-state index >= 15 is 0 Å². The molecule has 0 aliphatic carbocycles. The Morgan fingerprint density at radius 2 is 1.95 bits per heavy atom. The number of amides is 1. The van der Waals surface area contributed by atoms with Crippen LogP contribution in [0.15, 0.2) is 30.3 Å². The summed E-state index contributed by atoms with van der Waals surface area (Å²) in [5.41, 5.74) is 0.481. The molecular formula is C16H24BrNO4. The van der Waals surface area contributed by atoms with Crippen molar-refractivity contribution in [2.24, 2.45) is 0 Å². The van der Waals surface area contributed by atoms with Crippen LogP contribution in [0.1, 0.15) is 26.3 Å². The summed E-state index contributed by atoms with van der Waals surface area (Å²) in [5, 5.41) is 12.0. The van der Waals surface area contributed by atoms with Gasteiger partial charge in [-0.1, -0.05) is 46.3 Å². The van der Waals surface area contributed by atoms with Crippen LogP contribution in [0.4, 0.5) is 4.79 Å². The van der Waals surface area contributed by atoms with Crippen LogP contribution in [0.2, 0.25) is 0 Å². The van der Waals surface area contributed by atoms with Crippen molar-refractivity contribution in [1.82, 2.24) is 5.32 Å². The summed E-state index contributed by atoms with van der Waals surface area (Å²) in [6.07, 6.45) is -0.529. The SMILES string of the molecule is CC(C)(C)OC(=O)N[C@H](COCc1ccccc1)[C@@H](Br)CO. The van der Waals surface area contributed by atoms with Crippen LogP contribution in [0, 0.1) is 0 Å². The first kappa shape index (κ1) is 18.9. The third-order valence-electron chi connectivity index (χ3n) is 2.72. The Bertz CT molecular complexity index is 447. The minimum Gasteiger partial charge on any atom is -0.444 e. The monoisotopic (exact) mass is 373 g/mol. The second-order valence-electron chi connectivity index (χ2n) is 5.95. The number of aliphatic hydroxyl groups is 1. The minimum atomic E-state index is -0.569. The van der Waals surface area contributed by atoms with Crippen molar-refractivity contribution in [2.45, 2.75) is 43.8 Å². The molecule has 0 heterocycles. The predicted octanol–water partition coefficient (Wildman–Crippen LogP) is 2.85. The third kappa shape index (κ3) is 7.77. The highest BCUT2D eigenvalue weighted by molar-refractivity contribution is 9.09. The largest absolute Gasteiger partial charge is 0.444 e. The van der Waals surface area contributed by atoms with E-state index in [-0.39, 0.29) is 24.1 Å². The highest BCUT2D eigenvalue weighted by Crippen LogP contribution is 2.11. The van der Waals surface area contributed by atoms with Crippen molar-refractivity contribution >= 4 is 22.0 Å². The maximum Gasteiger partial charge on any atom is 0.407 e. The first-order valence-electron chi connectivity index (χ1n) is 7.18. The lowest BCUT2D eigenvalue weighted by Crippen LogP contribution is -2.47. The van der Waals surface area contributed by atoms with Gasteiger partial charge in [-0.05, 0) is 26.3 Å². The number of ether oxygens (including phenoxy) is 2. The maximum atomic E-state index is 11.8. The fourth-order valence-electron chi connectivity index (χ4n) is 1.70. The number of nitrogens with one attached hydrogen (secondary N) is 1. The van der Waals surface area contributed by atoms with Crippen molar-refractivity contribution in [2.75, 3.05) is 13.2 Å². The molecule has 0 aliphatic heterocycles. The third-order valence-corrected chi connectivity index (χ3v) is 3.65. The number of carbonyl (C=O) groups excluding carboxylic acids is 1. The summed E-state index contributed by atoms with van der Waals surface area (Å²) in [6, 6.07) is 9.37. The van der Waals surface area contributed by atoms with Gasteiger partial charge in [0.1, 0.15) is 5.60 Å². The van der Waals surface area contributed by atoms with Crippen LogP contribution < -0.4 is 5.32 Å². The predicted molar refractivity (Wildman–Crippen MR) is 89.1 cm³/mol. The van der Waals surface area contributed by atoms with Gasteiger partial charge in [-0.25, -0.2) is 4.79 Å². The second kappa shape index (κ2) is 9.12. The highest BCUT2D eigenvalue weighted by atomic mass is 79.9. The van der Waals surface area contributed by atoms with Gasteiger partial charge in [-0.2, -0.15) is 0 Å². The standard InChI is InChI=1S/C16H24BrNO4/c1-16(2,3)22-15(20)18-14(13(17)9-19)11-21-10-12-7-5-4-6-8-12/h4-8,13-14,19H,9-11H2,1-3H3,(H,18,20)/t13-,14+/m0/s1. The molecule has 124 valence electrons. The van der Waals surface area contributed by atoms with Crippen LogP contribution in [0.25, 0.3) is 0 Å². The molecule has 2 atom stereocenters. The summed E-state index contributed by atoms with van der Waals surface area (Å²) >= 11 is 3.34. The van der Waals surface area contributed by atoms with Gasteiger partial charge in [0.05, 0.1) is 30.7 Å². The van der Waals surface area contributed by atoms with Gasteiger partial charge in [0.2, 0.25) is 0 Å². The zero-order valence-corrected chi connectivity index (χ0v) is 14.8. The van der Waals surface area contributed by atoms with E-state index in [1.807, 2.05) is 30.3 Å². The van der Waals surface area contributed by atoms with Gasteiger partial charge >= 0.3 is 6.09 Å². The van der Waals surface area contributed by atoms with Gasteiger partial charge in [-0.3, -0.25) is 0 Å². The molecule has 0 aliphatic rings. The number of aliphatic hydroxyl groups excluding tert-OH is 1. The number of hydrogen-bond donors (Lipinski definition) is 2. The van der Waals surface area contributed by atoms with E-state index in [2.05, 4.69) is 21.2 Å². The fraction of sp³-hybridized carbons (Fsp3) is 0.562. The van der Waals surface area contributed by atoms with E-state index < -0.39 is 11.7 Å². The lowest BCUT2D eigenvalue weighted by atomic mass is 10.2. The van der Waals surface area contributed by atoms with Crippen LogP contribution in [0.3, 0.4) is 0 Å². The van der Waals surface area contributed by atoms with E-state index in [1.54, 1.807) is 20.8 Å². The van der Waals surface area contributed by atoms with Crippen molar-refractivity contribution < 1.29 is 19.4 Å². The second-order valence-corrected chi connectivity index (χ2v) is 7.13. The minimum absolute atomic E-state index is 0.116. The molecule has 22 heavy (non-hydrogen) atoms. The molecule has 1 aromatic rings. The highest BCUT2D eigenvalue weighted by Gasteiger charge is 2.24. The molecule has 0 saturated carbocycles. The van der Waals surface area contributed by atoms with Gasteiger partial charge in [0.15, 0.2) is 0 Å². The van der Waals surface area contributed by atoms with Gasteiger partial charge < -0.3 is 19.9 Å². The van der Waals surface area contributed by atoms with Crippen LogP contribution in [-0.4, -0.2) is 40.9 Å². The summed E-state index contributed by atoms with van der Waals surface area (Å²) in [6.45, 7) is 5.99. The number of alkyl halides is 1. The van der Waals surface area contributed by atoms with Gasteiger partial charge in [0.25, 0.3) is 0 Å². The summed E-state index contributed by atoms with van der Waals surface area (Å²) in [4.78, 5) is 11.5. The molecule has 0 aromatic heterocycles. The van der Waals surface area contributed by atoms with Crippen LogP contribution >= 0.6 is 15.9 Å². The Hall–Kier alpha value is -1.11. The number of alkyl carbamates (subject to hydrolysis) is 1. The summed E-state index contributed by atoms with van der Waals surface area (Å²) < 4.78 is 10.8. The van der Waals surface area contributed by atoms with E-state index in [4.69, 9.17) is 9.47 Å². The Morgan fingerprint density at radius 3 is 2.50 bits per heavy atom. The quantitative estimate of drug-likeness (QED) is 0.721. The number of halogens is 1.